The Balaban J connectivity index is 3.06. The first-order valence-electron chi connectivity index (χ1n) is 4.61. The molecule has 1 atom stereocenters. The van der Waals surface area contributed by atoms with Crippen LogP contribution in [-0.2, 0) is 4.79 Å². The lowest BCUT2D eigenvalue weighted by Crippen LogP contribution is -2.19. The molecule has 1 rings (SSSR count). The molecule has 0 saturated heterocycles. The number of carbonyl (C=O) groups is 2. The minimum Gasteiger partial charge on any atom is -0.385 e. The number of para-hydroxylation sites is 1. The van der Waals surface area contributed by atoms with Crippen molar-refractivity contribution in [3.8, 4) is 0 Å². The molecule has 2 N–H and O–H groups in total. The maximum atomic E-state index is 11.5. The molecule has 0 radical (unpaired) electrons. The monoisotopic (exact) mass is 207 g/mol. The van der Waals surface area contributed by atoms with Crippen LogP contribution in [0.4, 0.5) is 5.69 Å². The van der Waals surface area contributed by atoms with E-state index in [2.05, 4.69) is 5.32 Å². The van der Waals surface area contributed by atoms with E-state index in [4.69, 9.17) is 0 Å². The average molecular weight is 207 g/mol. The molecule has 4 heteroatoms. The highest BCUT2D eigenvalue weighted by molar-refractivity contribution is 6.06. The van der Waals surface area contributed by atoms with E-state index in [1.807, 2.05) is 0 Å². The van der Waals surface area contributed by atoms with E-state index in [1.54, 1.807) is 24.3 Å². The number of carbonyl (C=O) groups excluding carboxylic acids is 2. The van der Waals surface area contributed by atoms with Gasteiger partial charge < -0.3 is 10.4 Å². The van der Waals surface area contributed by atoms with Crippen LogP contribution in [0.25, 0.3) is 0 Å². The molecule has 0 aliphatic rings. The smallest absolute Gasteiger partial charge is 0.221 e. The second-order valence-corrected chi connectivity index (χ2v) is 3.27. The Labute approximate surface area is 87.9 Å². The summed E-state index contributed by atoms with van der Waals surface area (Å²) in [5.74, 6) is -0.653. The Morgan fingerprint density at radius 2 is 1.93 bits per heavy atom. The fourth-order valence-corrected chi connectivity index (χ4v) is 1.22. The lowest BCUT2D eigenvalue weighted by molar-refractivity contribution is -0.114. The molecule has 0 aliphatic carbocycles. The zero-order chi connectivity index (χ0) is 11.4. The van der Waals surface area contributed by atoms with Gasteiger partial charge in [-0.15, -0.1) is 0 Å². The third-order valence-corrected chi connectivity index (χ3v) is 1.88. The first kappa shape index (κ1) is 11.4. The number of hydrogen-bond donors (Lipinski definition) is 2. The second kappa shape index (κ2) is 4.70. The van der Waals surface area contributed by atoms with Crippen molar-refractivity contribution in [2.45, 2.75) is 20.0 Å². The van der Waals surface area contributed by atoms with Crippen molar-refractivity contribution in [2.75, 3.05) is 5.32 Å². The maximum absolute atomic E-state index is 11.5. The highest BCUT2D eigenvalue weighted by Crippen LogP contribution is 2.16. The lowest BCUT2D eigenvalue weighted by Gasteiger charge is -2.09. The predicted molar refractivity (Wildman–Crippen MR) is 56.8 cm³/mol. The van der Waals surface area contributed by atoms with Crippen molar-refractivity contribution in [1.29, 1.82) is 0 Å². The van der Waals surface area contributed by atoms with Crippen LogP contribution < -0.4 is 5.32 Å². The van der Waals surface area contributed by atoms with Crippen molar-refractivity contribution in [3.63, 3.8) is 0 Å². The van der Waals surface area contributed by atoms with Gasteiger partial charge in [-0.1, -0.05) is 12.1 Å². The number of Topliss-reactive ketones (excluding diaryl/α,β-unsaturated/α-hetero) is 1. The highest BCUT2D eigenvalue weighted by atomic mass is 16.3. The molecule has 0 spiro atoms. The van der Waals surface area contributed by atoms with Crippen LogP contribution in [0.1, 0.15) is 24.2 Å². The third-order valence-electron chi connectivity index (χ3n) is 1.88. The molecule has 80 valence electrons. The Hall–Kier alpha value is -1.68. The summed E-state index contributed by atoms with van der Waals surface area (Å²) >= 11 is 0. The summed E-state index contributed by atoms with van der Waals surface area (Å²) < 4.78 is 0. The molecule has 0 saturated carbocycles. The summed E-state index contributed by atoms with van der Waals surface area (Å²) in [4.78, 5) is 22.4. The fraction of sp³-hybridized carbons (Fsp3) is 0.273. The van der Waals surface area contributed by atoms with Gasteiger partial charge in [-0.05, 0) is 19.1 Å². The van der Waals surface area contributed by atoms with Gasteiger partial charge in [0.2, 0.25) is 5.91 Å². The minimum absolute atomic E-state index is 0.249. The molecule has 15 heavy (non-hydrogen) atoms. The quantitative estimate of drug-likeness (QED) is 0.732. The summed E-state index contributed by atoms with van der Waals surface area (Å²) in [5.41, 5.74) is 0.749. The van der Waals surface area contributed by atoms with E-state index >= 15 is 0 Å². The summed E-state index contributed by atoms with van der Waals surface area (Å²) in [5, 5.41) is 11.7. The predicted octanol–water partition coefficient (Wildman–Crippen LogP) is 1.21. The Morgan fingerprint density at radius 3 is 2.47 bits per heavy atom. The summed E-state index contributed by atoms with van der Waals surface area (Å²) in [6.45, 7) is 2.76. The molecule has 1 amide bonds. The zero-order valence-electron chi connectivity index (χ0n) is 8.65. The summed E-state index contributed by atoms with van der Waals surface area (Å²) in [6.07, 6.45) is -1.07. The number of hydrogen-bond acceptors (Lipinski definition) is 3. The van der Waals surface area contributed by atoms with Gasteiger partial charge >= 0.3 is 0 Å². The Kier molecular flexibility index (Phi) is 3.57. The summed E-state index contributed by atoms with van der Waals surface area (Å²) in [7, 11) is 0. The second-order valence-electron chi connectivity index (χ2n) is 3.27. The molecule has 1 unspecified atom stereocenters. The van der Waals surface area contributed by atoms with Crippen LogP contribution in [0, 0.1) is 0 Å². The van der Waals surface area contributed by atoms with E-state index in [1.165, 1.54) is 13.8 Å². The number of ketones is 1. The molecular weight excluding hydrogens is 194 g/mol. The van der Waals surface area contributed by atoms with Gasteiger partial charge in [-0.25, -0.2) is 0 Å². The van der Waals surface area contributed by atoms with Gasteiger partial charge in [0, 0.05) is 12.5 Å². The standard InChI is InChI=1S/C11H13NO3/c1-7(13)11(15)9-5-3-4-6-10(9)12-8(2)14/h3-7,13H,1-2H3,(H,12,14). The zero-order valence-corrected chi connectivity index (χ0v) is 8.65. The first-order chi connectivity index (χ1) is 7.02. The third kappa shape index (κ3) is 2.89. The van der Waals surface area contributed by atoms with Crippen molar-refractivity contribution in [2.24, 2.45) is 0 Å². The molecule has 0 fully saturated rings. The first-order valence-corrected chi connectivity index (χ1v) is 4.61. The molecule has 0 aliphatic heterocycles. The van der Waals surface area contributed by atoms with Crippen LogP contribution >= 0.6 is 0 Å². The average Bonchev–Trinajstić information content (AvgIpc) is 2.16. The molecule has 1 aromatic carbocycles. The van der Waals surface area contributed by atoms with Crippen LogP contribution in [0.3, 0.4) is 0 Å². The number of benzene rings is 1. The van der Waals surface area contributed by atoms with Gasteiger partial charge in [-0.2, -0.15) is 0 Å². The Bertz CT molecular complexity index is 385. The maximum Gasteiger partial charge on any atom is 0.221 e. The molecule has 4 nitrogen and oxygen atoms in total. The van der Waals surface area contributed by atoms with Crippen molar-refractivity contribution in [3.05, 3.63) is 29.8 Å². The lowest BCUT2D eigenvalue weighted by atomic mass is 10.1. The SMILES string of the molecule is CC(=O)Nc1ccccc1C(=O)C(C)O. The molecule has 0 heterocycles. The van der Waals surface area contributed by atoms with Crippen molar-refractivity contribution in [1.82, 2.24) is 0 Å². The van der Waals surface area contributed by atoms with Crippen molar-refractivity contribution < 1.29 is 14.7 Å². The van der Waals surface area contributed by atoms with E-state index in [9.17, 15) is 14.7 Å². The van der Waals surface area contributed by atoms with E-state index in [-0.39, 0.29) is 5.91 Å². The molecular formula is C11H13NO3. The summed E-state index contributed by atoms with van der Waals surface area (Å²) in [6, 6.07) is 6.59. The fourth-order valence-electron chi connectivity index (χ4n) is 1.22. The van der Waals surface area contributed by atoms with Gasteiger partial charge in [0.15, 0.2) is 5.78 Å². The van der Waals surface area contributed by atoms with Crippen LogP contribution in [0.15, 0.2) is 24.3 Å². The number of aliphatic hydroxyl groups is 1. The van der Waals surface area contributed by atoms with Crippen molar-refractivity contribution >= 4 is 17.4 Å². The van der Waals surface area contributed by atoms with Crippen LogP contribution in [0.2, 0.25) is 0 Å². The molecule has 1 aromatic rings. The van der Waals surface area contributed by atoms with Gasteiger partial charge in [-0.3, -0.25) is 9.59 Å². The normalized spacial score (nSPS) is 11.9. The van der Waals surface area contributed by atoms with Crippen LogP contribution in [0.5, 0.6) is 0 Å². The van der Waals surface area contributed by atoms with Gasteiger partial charge in [0.1, 0.15) is 6.10 Å². The largest absolute Gasteiger partial charge is 0.385 e. The van der Waals surface area contributed by atoms with Crippen LogP contribution in [-0.4, -0.2) is 22.9 Å². The number of aliphatic hydroxyl groups excluding tert-OH is 1. The molecule has 0 bridgehead atoms. The number of amides is 1. The Morgan fingerprint density at radius 1 is 1.33 bits per heavy atom. The van der Waals surface area contributed by atoms with E-state index in [0.29, 0.717) is 11.3 Å². The van der Waals surface area contributed by atoms with Gasteiger partial charge in [0.25, 0.3) is 0 Å². The van der Waals surface area contributed by atoms with E-state index < -0.39 is 11.9 Å². The highest BCUT2D eigenvalue weighted by Gasteiger charge is 2.15. The molecule has 0 aromatic heterocycles. The number of rotatable bonds is 3. The number of nitrogens with one attached hydrogen (secondary N) is 1. The minimum atomic E-state index is -1.07. The van der Waals surface area contributed by atoms with E-state index in [0.717, 1.165) is 0 Å². The topological polar surface area (TPSA) is 66.4 Å². The number of anilines is 1. The van der Waals surface area contributed by atoms with Gasteiger partial charge in [0.05, 0.1) is 5.69 Å².